The van der Waals surface area contributed by atoms with Crippen LogP contribution < -0.4 is 30.9 Å². The molecule has 2 saturated heterocycles. The van der Waals surface area contributed by atoms with Crippen molar-refractivity contribution >= 4 is 52.9 Å². The van der Waals surface area contributed by atoms with Gasteiger partial charge in [-0.2, -0.15) is 4.98 Å². The number of piperazine rings is 1. The number of halogens is 1. The summed E-state index contributed by atoms with van der Waals surface area (Å²) in [5.74, 6) is 1.55. The number of para-hydroxylation sites is 1. The third-order valence-electron chi connectivity index (χ3n) is 8.42. The third kappa shape index (κ3) is 7.46. The second-order valence-electron chi connectivity index (χ2n) is 12.2. The molecular formula is C32H45ClN7O2P. The van der Waals surface area contributed by atoms with Gasteiger partial charge in [0.25, 0.3) is 0 Å². The summed E-state index contributed by atoms with van der Waals surface area (Å²) in [4.78, 5) is 14.3. The van der Waals surface area contributed by atoms with Crippen molar-refractivity contribution in [2.24, 2.45) is 0 Å². The van der Waals surface area contributed by atoms with Gasteiger partial charge in [-0.15, -0.1) is 0 Å². The Kier molecular flexibility index (Phi) is 9.86. The third-order valence-corrected chi connectivity index (χ3v) is 10.2. The molecule has 0 amide bonds. The molecule has 0 radical (unpaired) electrons. The predicted molar refractivity (Wildman–Crippen MR) is 180 cm³/mol. The first-order chi connectivity index (χ1) is 20.5. The van der Waals surface area contributed by atoms with Crippen LogP contribution in [0.2, 0.25) is 5.02 Å². The number of hydrogen-bond donors (Lipinski definition) is 3. The van der Waals surface area contributed by atoms with E-state index < -0.39 is 7.14 Å². The van der Waals surface area contributed by atoms with Gasteiger partial charge in [-0.1, -0.05) is 30.7 Å². The molecule has 43 heavy (non-hydrogen) atoms. The van der Waals surface area contributed by atoms with Crippen LogP contribution in [0.3, 0.4) is 0 Å². The van der Waals surface area contributed by atoms with E-state index in [2.05, 4.69) is 68.6 Å². The zero-order valence-corrected chi connectivity index (χ0v) is 27.8. The molecule has 2 aliphatic rings. The number of aryl methyl sites for hydroxylation is 1. The lowest BCUT2D eigenvalue weighted by molar-refractivity contribution is 0.107. The Hall–Kier alpha value is -2.84. The quantitative estimate of drug-likeness (QED) is 0.244. The molecule has 9 nitrogen and oxygen atoms in total. The number of hydrogen-bond acceptors (Lipinski definition) is 9. The lowest BCUT2D eigenvalue weighted by Crippen LogP contribution is -2.58. The van der Waals surface area contributed by atoms with Crippen molar-refractivity contribution in [3.8, 4) is 5.75 Å². The largest absolute Gasteiger partial charge is 0.494 e. The molecule has 11 heteroatoms. The molecule has 0 bridgehead atoms. The first-order valence-electron chi connectivity index (χ1n) is 15.2. The van der Waals surface area contributed by atoms with Gasteiger partial charge in [0.05, 0.1) is 24.7 Å². The second kappa shape index (κ2) is 13.4. The highest BCUT2D eigenvalue weighted by Gasteiger charge is 2.30. The van der Waals surface area contributed by atoms with Crippen LogP contribution in [0.25, 0.3) is 0 Å². The molecule has 2 fully saturated rings. The van der Waals surface area contributed by atoms with Gasteiger partial charge >= 0.3 is 0 Å². The van der Waals surface area contributed by atoms with E-state index in [1.165, 1.54) is 11.3 Å². The molecule has 1 aromatic heterocycles. The minimum absolute atomic E-state index is 0.368. The fourth-order valence-corrected chi connectivity index (χ4v) is 7.70. The SMILES string of the molecule is CCc1cc(Nc2ncc(Cl)c(Nc3ccccc3P(C)(C)=O)n2)c(OC)cc1N1CCC(N2C[C@@H](C)N[C@@H](C)C2)CC1. The van der Waals surface area contributed by atoms with Crippen molar-refractivity contribution in [2.45, 2.75) is 58.2 Å². The molecule has 3 aromatic rings. The highest BCUT2D eigenvalue weighted by molar-refractivity contribution is 7.70. The van der Waals surface area contributed by atoms with Gasteiger partial charge in [-0.25, -0.2) is 4.98 Å². The molecule has 0 saturated carbocycles. The van der Waals surface area contributed by atoms with Crippen LogP contribution in [0.1, 0.15) is 39.2 Å². The standard InChI is InChI=1S/C32H45ClN7O2P/c1-7-23-16-27(37-32-34-18-25(33)31(38-32)36-26-10-8-9-11-30(26)43(5,6)41)29(42-4)17-28(23)39-14-12-24(13-15-39)40-19-21(2)35-22(3)20-40/h8-11,16-18,21-22,24,35H,7,12-15,19-20H2,1-6H3,(H2,34,36,37,38)/t21-,22+. The predicted octanol–water partition coefficient (Wildman–Crippen LogP) is 6.09. The monoisotopic (exact) mass is 625 g/mol. The number of anilines is 5. The molecule has 0 unspecified atom stereocenters. The smallest absolute Gasteiger partial charge is 0.229 e. The molecule has 3 heterocycles. The Morgan fingerprint density at radius 1 is 1.07 bits per heavy atom. The summed E-state index contributed by atoms with van der Waals surface area (Å²) in [5.41, 5.74) is 3.98. The van der Waals surface area contributed by atoms with Gasteiger partial charge in [0.2, 0.25) is 5.95 Å². The minimum Gasteiger partial charge on any atom is -0.494 e. The van der Waals surface area contributed by atoms with Crippen LogP contribution in [-0.2, 0) is 11.0 Å². The lowest BCUT2D eigenvalue weighted by atomic mass is 9.98. The summed E-state index contributed by atoms with van der Waals surface area (Å²) in [6.45, 7) is 14.6. The summed E-state index contributed by atoms with van der Waals surface area (Å²) in [6, 6.07) is 13.5. The average Bonchev–Trinajstić information content (AvgIpc) is 2.98. The number of nitrogens with one attached hydrogen (secondary N) is 3. The molecule has 0 spiro atoms. The Morgan fingerprint density at radius 2 is 1.77 bits per heavy atom. The summed E-state index contributed by atoms with van der Waals surface area (Å²) in [7, 11) is -0.827. The van der Waals surface area contributed by atoms with E-state index in [0.29, 0.717) is 40.6 Å². The van der Waals surface area contributed by atoms with Gasteiger partial charge in [0.15, 0.2) is 5.82 Å². The van der Waals surface area contributed by atoms with Gasteiger partial charge < -0.3 is 30.2 Å². The van der Waals surface area contributed by atoms with E-state index >= 15 is 0 Å². The Balaban J connectivity index is 1.33. The van der Waals surface area contributed by atoms with Gasteiger partial charge in [-0.05, 0) is 70.2 Å². The average molecular weight is 626 g/mol. The van der Waals surface area contributed by atoms with Crippen molar-refractivity contribution in [3.05, 3.63) is 53.2 Å². The molecular weight excluding hydrogens is 581 g/mol. The number of nitrogens with zero attached hydrogens (tertiary/aromatic N) is 4. The summed E-state index contributed by atoms with van der Waals surface area (Å²) >= 11 is 6.48. The summed E-state index contributed by atoms with van der Waals surface area (Å²) < 4.78 is 18.7. The highest BCUT2D eigenvalue weighted by atomic mass is 35.5. The Bertz CT molecular complexity index is 1460. The Labute approximate surface area is 261 Å². The zero-order valence-electron chi connectivity index (χ0n) is 26.2. The molecule has 2 aliphatic heterocycles. The fraction of sp³-hybridized carbons (Fsp3) is 0.500. The van der Waals surface area contributed by atoms with Crippen molar-refractivity contribution in [3.63, 3.8) is 0 Å². The second-order valence-corrected chi connectivity index (χ2v) is 15.8. The van der Waals surface area contributed by atoms with E-state index in [1.54, 1.807) is 26.6 Å². The number of rotatable bonds is 9. The molecule has 0 aliphatic carbocycles. The maximum atomic E-state index is 12.9. The maximum absolute atomic E-state index is 12.9. The fourth-order valence-electron chi connectivity index (χ4n) is 6.41. The lowest BCUT2D eigenvalue weighted by Gasteiger charge is -2.44. The van der Waals surface area contributed by atoms with E-state index in [0.717, 1.165) is 62.2 Å². The van der Waals surface area contributed by atoms with Crippen molar-refractivity contribution in [1.82, 2.24) is 20.2 Å². The minimum atomic E-state index is -2.52. The van der Waals surface area contributed by atoms with Crippen LogP contribution in [0.15, 0.2) is 42.6 Å². The number of benzene rings is 2. The molecule has 2 atom stereocenters. The van der Waals surface area contributed by atoms with Crippen LogP contribution in [-0.4, -0.2) is 79.6 Å². The summed E-state index contributed by atoms with van der Waals surface area (Å²) in [5, 5.41) is 11.4. The van der Waals surface area contributed by atoms with Gasteiger partial charge in [-0.3, -0.25) is 4.90 Å². The number of methoxy groups -OCH3 is 1. The van der Waals surface area contributed by atoms with Crippen molar-refractivity contribution < 1.29 is 9.30 Å². The van der Waals surface area contributed by atoms with E-state index in [1.807, 2.05) is 24.3 Å². The highest BCUT2D eigenvalue weighted by Crippen LogP contribution is 2.40. The number of piperidine rings is 1. The van der Waals surface area contributed by atoms with Gasteiger partial charge in [0.1, 0.15) is 17.9 Å². The van der Waals surface area contributed by atoms with Crippen LogP contribution in [0.5, 0.6) is 5.75 Å². The number of ether oxygens (including phenoxy) is 1. The molecule has 2 aromatic carbocycles. The first kappa shape index (κ1) is 31.6. The Morgan fingerprint density at radius 3 is 2.42 bits per heavy atom. The van der Waals surface area contributed by atoms with E-state index in [9.17, 15) is 4.57 Å². The molecule has 3 N–H and O–H groups in total. The van der Waals surface area contributed by atoms with Crippen LogP contribution in [0, 0.1) is 0 Å². The normalized spacial score (nSPS) is 20.2. The topological polar surface area (TPSA) is 94.6 Å². The summed E-state index contributed by atoms with van der Waals surface area (Å²) in [6.07, 6.45) is 4.77. The molecule has 5 rings (SSSR count). The molecule has 232 valence electrons. The van der Waals surface area contributed by atoms with Gasteiger partial charge in [0, 0.05) is 61.4 Å². The zero-order chi connectivity index (χ0) is 30.7. The van der Waals surface area contributed by atoms with Crippen LogP contribution in [0.4, 0.5) is 28.8 Å². The van der Waals surface area contributed by atoms with E-state index in [4.69, 9.17) is 16.3 Å². The van der Waals surface area contributed by atoms with E-state index in [-0.39, 0.29) is 0 Å². The van der Waals surface area contributed by atoms with Crippen molar-refractivity contribution in [1.29, 1.82) is 0 Å². The maximum Gasteiger partial charge on any atom is 0.229 e. The first-order valence-corrected chi connectivity index (χ1v) is 18.2. The number of aromatic nitrogens is 2. The van der Waals surface area contributed by atoms with Crippen LogP contribution >= 0.6 is 18.7 Å². The van der Waals surface area contributed by atoms with Crippen molar-refractivity contribution in [2.75, 3.05) is 62.2 Å².